The molecule has 0 unspecified atom stereocenters. The second-order valence-corrected chi connectivity index (χ2v) is 10.3. The average molecular weight is 500 g/mol. The van der Waals surface area contributed by atoms with Crippen molar-refractivity contribution in [2.75, 3.05) is 7.11 Å². The molecule has 0 aliphatic carbocycles. The number of aromatic carboxylic acids is 1. The van der Waals surface area contributed by atoms with Gasteiger partial charge in [0.15, 0.2) is 5.43 Å². The van der Waals surface area contributed by atoms with E-state index in [0.717, 1.165) is 16.8 Å². The smallest absolute Gasteiger partial charge is 0.341 e. The third-order valence-electron chi connectivity index (χ3n) is 6.73. The van der Waals surface area contributed by atoms with Crippen molar-refractivity contribution in [3.8, 4) is 34.1 Å². The molecule has 2 aromatic heterocycles. The van der Waals surface area contributed by atoms with E-state index >= 15 is 0 Å². The Bertz CT molecular complexity index is 1530. The number of nitrogens with zero attached hydrogens (tertiary/aromatic N) is 3. The molecule has 0 spiro atoms. The highest BCUT2D eigenvalue weighted by Gasteiger charge is 2.34. The zero-order valence-electron chi connectivity index (χ0n) is 21.3. The molecule has 1 atom stereocenters. The van der Waals surface area contributed by atoms with Crippen molar-refractivity contribution in [3.05, 3.63) is 88.2 Å². The third kappa shape index (κ3) is 4.62. The molecular weight excluding hydrogens is 470 g/mol. The predicted molar refractivity (Wildman–Crippen MR) is 140 cm³/mol. The summed E-state index contributed by atoms with van der Waals surface area (Å²) in [6, 6.07) is 18.7. The molecule has 0 saturated heterocycles. The molecule has 8 nitrogen and oxygen atoms in total. The Morgan fingerprint density at radius 2 is 1.84 bits per heavy atom. The largest absolute Gasteiger partial charge is 0.496 e. The molecule has 0 amide bonds. The van der Waals surface area contributed by atoms with Crippen LogP contribution in [0.2, 0.25) is 0 Å². The summed E-state index contributed by atoms with van der Waals surface area (Å²) in [7, 11) is 1.61. The van der Waals surface area contributed by atoms with Gasteiger partial charge in [-0.15, -0.1) is 0 Å². The maximum absolute atomic E-state index is 12.6. The van der Waals surface area contributed by atoms with Crippen molar-refractivity contribution in [2.45, 2.75) is 40.0 Å². The maximum atomic E-state index is 12.6. The summed E-state index contributed by atoms with van der Waals surface area (Å²) < 4.78 is 15.5. The highest BCUT2D eigenvalue weighted by molar-refractivity contribution is 5.87. The summed E-state index contributed by atoms with van der Waals surface area (Å²) >= 11 is 0. The number of rotatable bonds is 6. The maximum Gasteiger partial charge on any atom is 0.341 e. The van der Waals surface area contributed by atoms with Crippen LogP contribution in [-0.4, -0.2) is 32.5 Å². The van der Waals surface area contributed by atoms with Crippen LogP contribution < -0.4 is 14.9 Å². The van der Waals surface area contributed by atoms with Gasteiger partial charge in [-0.2, -0.15) is 5.10 Å². The van der Waals surface area contributed by atoms with Crippen LogP contribution in [0.3, 0.4) is 0 Å². The van der Waals surface area contributed by atoms with E-state index in [-0.39, 0.29) is 17.0 Å². The van der Waals surface area contributed by atoms with Gasteiger partial charge in [0, 0.05) is 17.8 Å². The van der Waals surface area contributed by atoms with Gasteiger partial charge >= 0.3 is 5.97 Å². The fourth-order valence-corrected chi connectivity index (χ4v) is 4.73. The summed E-state index contributed by atoms with van der Waals surface area (Å²) in [5.41, 5.74) is 2.89. The Balaban J connectivity index is 1.58. The second kappa shape index (κ2) is 9.28. The first-order chi connectivity index (χ1) is 17.7. The third-order valence-corrected chi connectivity index (χ3v) is 6.73. The highest BCUT2D eigenvalue weighted by atomic mass is 16.5. The van der Waals surface area contributed by atoms with E-state index < -0.39 is 11.4 Å². The minimum atomic E-state index is -1.23. The van der Waals surface area contributed by atoms with E-state index in [1.165, 1.54) is 12.3 Å². The SMILES string of the molecule is COc1ccc(OCc2ccccc2)cc1-c1cc2n(n1)C[C@@H](C(C)(C)C)n1cc(C(=O)O)c(=O)cc1-2. The molecule has 1 N–H and O–H groups in total. The molecule has 0 fully saturated rings. The number of hydrogen-bond donors (Lipinski definition) is 1. The molecule has 0 saturated carbocycles. The Kier molecular flexibility index (Phi) is 6.11. The lowest BCUT2D eigenvalue weighted by molar-refractivity contribution is 0.0693. The number of methoxy groups -OCH3 is 1. The molecule has 37 heavy (non-hydrogen) atoms. The van der Waals surface area contributed by atoms with Crippen molar-refractivity contribution >= 4 is 5.97 Å². The van der Waals surface area contributed by atoms with Gasteiger partial charge in [0.05, 0.1) is 36.8 Å². The molecule has 5 rings (SSSR count). The topological polar surface area (TPSA) is 95.6 Å². The van der Waals surface area contributed by atoms with E-state index in [0.29, 0.717) is 36.0 Å². The predicted octanol–water partition coefficient (Wildman–Crippen LogP) is 5.27. The van der Waals surface area contributed by atoms with Crippen molar-refractivity contribution in [3.63, 3.8) is 0 Å². The minimum Gasteiger partial charge on any atom is -0.496 e. The summed E-state index contributed by atoms with van der Waals surface area (Å²) in [4.78, 5) is 24.3. The van der Waals surface area contributed by atoms with E-state index in [1.807, 2.05) is 63.8 Å². The van der Waals surface area contributed by atoms with Gasteiger partial charge in [0.1, 0.15) is 23.7 Å². The van der Waals surface area contributed by atoms with E-state index in [1.54, 1.807) is 7.11 Å². The standard InChI is InChI=1S/C29H29N3O5/c1-29(2,3)27-16-32-24(23-14-25(33)21(28(34)35)15-31(23)27)13-22(30-32)20-12-19(10-11-26(20)36-4)37-17-18-8-6-5-7-9-18/h5-15,27H,16-17H2,1-4H3,(H,34,35)/t27-/m0/s1. The van der Waals surface area contributed by atoms with Crippen molar-refractivity contribution < 1.29 is 19.4 Å². The number of pyridine rings is 1. The summed E-state index contributed by atoms with van der Waals surface area (Å²) in [6.45, 7) is 7.23. The molecule has 4 aromatic rings. The van der Waals surface area contributed by atoms with Gasteiger partial charge in [-0.05, 0) is 35.2 Å². The molecular formula is C29H29N3O5. The number of ether oxygens (including phenoxy) is 2. The Hall–Kier alpha value is -4.33. The Morgan fingerprint density at radius 3 is 2.51 bits per heavy atom. The molecule has 190 valence electrons. The first-order valence-electron chi connectivity index (χ1n) is 12.1. The van der Waals surface area contributed by atoms with E-state index in [4.69, 9.17) is 14.6 Å². The molecule has 0 bridgehead atoms. The quantitative estimate of drug-likeness (QED) is 0.389. The number of carboxylic acid groups (broad SMARTS) is 1. The van der Waals surface area contributed by atoms with Crippen molar-refractivity contribution in [1.82, 2.24) is 14.3 Å². The lowest BCUT2D eigenvalue weighted by Crippen LogP contribution is -2.35. The first kappa shape index (κ1) is 24.4. The van der Waals surface area contributed by atoms with Gasteiger partial charge in [0.2, 0.25) is 0 Å². The first-order valence-corrected chi connectivity index (χ1v) is 12.1. The fraction of sp³-hybridized carbons (Fsp3) is 0.276. The molecule has 8 heteroatoms. The van der Waals surface area contributed by atoms with Crippen LogP contribution >= 0.6 is 0 Å². The zero-order valence-corrected chi connectivity index (χ0v) is 21.3. The van der Waals surface area contributed by atoms with Crippen LogP contribution in [-0.2, 0) is 13.2 Å². The number of carboxylic acids is 1. The number of hydrogen-bond acceptors (Lipinski definition) is 5. The van der Waals surface area contributed by atoms with Crippen LogP contribution in [0.5, 0.6) is 11.5 Å². The molecule has 3 heterocycles. The van der Waals surface area contributed by atoms with E-state index in [2.05, 4.69) is 20.8 Å². The van der Waals surface area contributed by atoms with Crippen LogP contribution in [0, 0.1) is 5.41 Å². The van der Waals surface area contributed by atoms with E-state index in [9.17, 15) is 14.7 Å². The lowest BCUT2D eigenvalue weighted by atomic mass is 9.85. The summed E-state index contributed by atoms with van der Waals surface area (Å²) in [5, 5.41) is 14.4. The minimum absolute atomic E-state index is 0.108. The number of carbonyl (C=O) groups is 1. The zero-order chi connectivity index (χ0) is 26.3. The number of fused-ring (bicyclic) bond motifs is 3. The van der Waals surface area contributed by atoms with Crippen LogP contribution in [0.15, 0.2) is 71.7 Å². The van der Waals surface area contributed by atoms with Gasteiger partial charge in [-0.3, -0.25) is 9.48 Å². The molecule has 1 aliphatic heterocycles. The van der Waals surface area contributed by atoms with Gasteiger partial charge < -0.3 is 19.1 Å². The second-order valence-electron chi connectivity index (χ2n) is 10.3. The Labute approximate surface area is 214 Å². The normalized spacial score (nSPS) is 14.5. The van der Waals surface area contributed by atoms with Crippen LogP contribution in [0.1, 0.15) is 42.7 Å². The monoisotopic (exact) mass is 499 g/mol. The summed E-state index contributed by atoms with van der Waals surface area (Å²) in [6.07, 6.45) is 1.46. The van der Waals surface area contributed by atoms with Crippen LogP contribution in [0.4, 0.5) is 0 Å². The van der Waals surface area contributed by atoms with Crippen molar-refractivity contribution in [1.29, 1.82) is 0 Å². The van der Waals surface area contributed by atoms with Gasteiger partial charge in [-0.25, -0.2) is 4.79 Å². The lowest BCUT2D eigenvalue weighted by Gasteiger charge is -2.38. The summed E-state index contributed by atoms with van der Waals surface area (Å²) in [5.74, 6) is 0.0965. The molecule has 0 radical (unpaired) electrons. The van der Waals surface area contributed by atoms with Gasteiger partial charge in [-0.1, -0.05) is 51.1 Å². The molecule has 2 aromatic carbocycles. The number of benzene rings is 2. The van der Waals surface area contributed by atoms with Crippen LogP contribution in [0.25, 0.3) is 22.6 Å². The average Bonchev–Trinajstić information content (AvgIpc) is 3.31. The molecule has 1 aliphatic rings. The van der Waals surface area contributed by atoms with Gasteiger partial charge in [0.25, 0.3) is 0 Å². The van der Waals surface area contributed by atoms with Crippen molar-refractivity contribution in [2.24, 2.45) is 5.41 Å². The fourth-order valence-electron chi connectivity index (χ4n) is 4.73. The highest BCUT2D eigenvalue weighted by Crippen LogP contribution is 2.42. The number of aromatic nitrogens is 3. The Morgan fingerprint density at radius 1 is 1.08 bits per heavy atom.